The van der Waals surface area contributed by atoms with Gasteiger partial charge in [0.2, 0.25) is 0 Å². The largest absolute Gasteiger partial charge is 0.573 e. The van der Waals surface area contributed by atoms with Crippen LogP contribution in [0.15, 0.2) is 125 Å². The number of aliphatic hydroxyl groups is 1. The zero-order chi connectivity index (χ0) is 46.3. The molecule has 3 aromatic heterocycles. The molecule has 0 spiro atoms. The van der Waals surface area contributed by atoms with Crippen LogP contribution in [0.1, 0.15) is 40.2 Å². The van der Waals surface area contributed by atoms with Crippen LogP contribution in [0.3, 0.4) is 0 Å². The molecule has 0 aliphatic carbocycles. The van der Waals surface area contributed by atoms with Gasteiger partial charge in [-0.15, -0.1) is 13.2 Å². The third-order valence-electron chi connectivity index (χ3n) is 8.72. The number of aromatic nitrogens is 3. The molecule has 0 saturated carbocycles. The lowest BCUT2D eigenvalue weighted by Crippen LogP contribution is -2.28. The van der Waals surface area contributed by atoms with E-state index in [9.17, 15) is 41.0 Å². The Morgan fingerprint density at radius 3 is 1.59 bits per heavy atom. The number of hydrogen-bond acceptors (Lipinski definition) is 9. The summed E-state index contributed by atoms with van der Waals surface area (Å²) < 4.78 is 104. The molecule has 0 atom stereocenters. The van der Waals surface area contributed by atoms with E-state index in [-0.39, 0.29) is 29.0 Å². The van der Waals surface area contributed by atoms with Crippen molar-refractivity contribution >= 4 is 0 Å². The number of halogens is 6. The van der Waals surface area contributed by atoms with Crippen LogP contribution in [0.25, 0.3) is 33.8 Å². The van der Waals surface area contributed by atoms with Crippen molar-refractivity contribution in [3.05, 3.63) is 142 Å². The molecule has 17 heteroatoms. The number of methoxy groups -OCH3 is 2. The summed E-state index contributed by atoms with van der Waals surface area (Å²) in [6, 6.07) is 23.5. The summed E-state index contributed by atoms with van der Waals surface area (Å²) in [5, 5.41) is 9.83. The molecule has 63 heavy (non-hydrogen) atoms. The summed E-state index contributed by atoms with van der Waals surface area (Å²) >= 11 is 0. The average Bonchev–Trinajstić information content (AvgIpc) is 3.21. The van der Waals surface area contributed by atoms with E-state index < -0.39 is 29.3 Å². The topological polar surface area (TPSA) is 123 Å². The molecule has 3 heterocycles. The van der Waals surface area contributed by atoms with Crippen LogP contribution < -0.4 is 34.8 Å². The lowest BCUT2D eigenvalue weighted by atomic mass is 9.99. The maximum atomic E-state index is 12.7. The van der Waals surface area contributed by atoms with Crippen molar-refractivity contribution in [1.82, 2.24) is 14.1 Å². The van der Waals surface area contributed by atoms with Crippen LogP contribution in [-0.4, -0.2) is 58.6 Å². The number of benzene rings is 3. The highest BCUT2D eigenvalue weighted by molar-refractivity contribution is 5.65. The maximum Gasteiger partial charge on any atom is 0.573 e. The zero-order valence-electron chi connectivity index (χ0n) is 35.3. The summed E-state index contributed by atoms with van der Waals surface area (Å²) in [7, 11) is 2.98. The Hall–Kier alpha value is -6.75. The van der Waals surface area contributed by atoms with Gasteiger partial charge < -0.3 is 28.8 Å². The van der Waals surface area contributed by atoms with Crippen molar-refractivity contribution in [2.45, 2.75) is 52.8 Å². The molecule has 0 amide bonds. The van der Waals surface area contributed by atoms with Gasteiger partial charge in [0, 0.05) is 48.4 Å². The van der Waals surface area contributed by atoms with E-state index in [0.29, 0.717) is 57.7 Å². The zero-order valence-corrected chi connectivity index (χ0v) is 35.3. The predicted molar refractivity (Wildman–Crippen MR) is 224 cm³/mol. The first-order valence-electron chi connectivity index (χ1n) is 19.1. The Morgan fingerprint density at radius 1 is 0.603 bits per heavy atom. The highest BCUT2D eigenvalue weighted by atomic mass is 19.4. The second-order valence-corrected chi connectivity index (χ2v) is 15.9. The molecule has 334 valence electrons. The van der Waals surface area contributed by atoms with Gasteiger partial charge in [0.05, 0.1) is 49.1 Å². The molecule has 6 aromatic rings. The summed E-state index contributed by atoms with van der Waals surface area (Å²) in [5.41, 5.74) is -0.0264. The lowest BCUT2D eigenvalue weighted by Gasteiger charge is -2.20. The fraction of sp³-hybridized carbons (Fsp3) is 0.283. The fourth-order valence-electron chi connectivity index (χ4n) is 5.73. The van der Waals surface area contributed by atoms with E-state index in [0.717, 1.165) is 12.3 Å². The molecule has 1 N–H and O–H groups in total. The first kappa shape index (κ1) is 47.3. The fourth-order valence-corrected chi connectivity index (χ4v) is 5.73. The monoisotopic (exact) mass is 881 g/mol. The highest BCUT2D eigenvalue weighted by Crippen LogP contribution is 2.33. The van der Waals surface area contributed by atoms with Crippen molar-refractivity contribution in [2.75, 3.05) is 27.4 Å². The third-order valence-corrected chi connectivity index (χ3v) is 8.72. The van der Waals surface area contributed by atoms with E-state index in [2.05, 4.69) is 30.5 Å². The van der Waals surface area contributed by atoms with Crippen LogP contribution in [0.5, 0.6) is 28.7 Å². The van der Waals surface area contributed by atoms with Crippen LogP contribution in [0.2, 0.25) is 0 Å². The number of rotatable bonds is 12. The molecule has 0 unspecified atom stereocenters. The molecule has 0 aliphatic heterocycles. The van der Waals surface area contributed by atoms with E-state index in [4.69, 9.17) is 18.9 Å². The minimum Gasteiger partial charge on any atom is -0.493 e. The van der Waals surface area contributed by atoms with Gasteiger partial charge in [-0.2, -0.15) is 13.2 Å². The molecule has 0 radical (unpaired) electrons. The smallest absolute Gasteiger partial charge is 0.493 e. The maximum absolute atomic E-state index is 12.7. The molecule has 0 saturated heterocycles. The van der Waals surface area contributed by atoms with Crippen molar-refractivity contribution in [2.24, 2.45) is 5.41 Å². The summed E-state index contributed by atoms with van der Waals surface area (Å²) in [6.07, 6.45) is -5.45. The lowest BCUT2D eigenvalue weighted by molar-refractivity contribution is -0.274. The van der Waals surface area contributed by atoms with Crippen LogP contribution >= 0.6 is 0 Å². The minimum atomic E-state index is -4.80. The van der Waals surface area contributed by atoms with Gasteiger partial charge in [0.1, 0.15) is 12.4 Å². The van der Waals surface area contributed by atoms with E-state index >= 15 is 0 Å². The average molecular weight is 882 g/mol. The van der Waals surface area contributed by atoms with E-state index in [1.807, 2.05) is 0 Å². The molecule has 0 bridgehead atoms. The standard InChI is InChI=1S/C23H23F3N2O3.C23H22F3NO5/c1-22(2,3)14-31-19-8-6-17(12-20(19)30-4)28-10-9-15(11-21(28)29)18-7-5-16(13-27-18)23(24,25)26;1-22(2,29)14-31-19-8-7-17(13-20(19)30-3)27-10-9-16(12-21(27)28)15-5-4-6-18(11-15)32-23(24,25)26/h5-13H,14H2,1-4H3;4-13,29H,14H2,1-3H3. The van der Waals surface area contributed by atoms with Gasteiger partial charge in [-0.25, -0.2) is 0 Å². The van der Waals surface area contributed by atoms with Crippen molar-refractivity contribution in [1.29, 1.82) is 0 Å². The van der Waals surface area contributed by atoms with Gasteiger partial charge in [-0.3, -0.25) is 23.7 Å². The van der Waals surface area contributed by atoms with Crippen LogP contribution in [0, 0.1) is 5.41 Å². The molecule has 0 fully saturated rings. The molecule has 3 aromatic carbocycles. The molecule has 0 aliphatic rings. The molecule has 11 nitrogen and oxygen atoms in total. The Morgan fingerprint density at radius 2 is 1.13 bits per heavy atom. The van der Waals surface area contributed by atoms with Crippen molar-refractivity contribution in [3.63, 3.8) is 0 Å². The Balaban J connectivity index is 0.000000238. The van der Waals surface area contributed by atoms with E-state index in [1.54, 1.807) is 74.6 Å². The summed E-state index contributed by atoms with van der Waals surface area (Å²) in [4.78, 5) is 29.2. The first-order valence-corrected chi connectivity index (χ1v) is 19.1. The highest BCUT2D eigenvalue weighted by Gasteiger charge is 2.32. The summed E-state index contributed by atoms with van der Waals surface area (Å²) in [5.74, 6) is 1.47. The number of hydrogen-bond donors (Lipinski definition) is 1. The Labute approximate surface area is 358 Å². The van der Waals surface area contributed by atoms with Gasteiger partial charge in [-0.05, 0) is 91.1 Å². The second-order valence-electron chi connectivity index (χ2n) is 15.9. The number of nitrogens with zero attached hydrogens (tertiary/aromatic N) is 3. The van der Waals surface area contributed by atoms with Crippen LogP contribution in [-0.2, 0) is 6.18 Å². The normalized spacial score (nSPS) is 11.9. The number of pyridine rings is 3. The van der Waals surface area contributed by atoms with Gasteiger partial charge in [-0.1, -0.05) is 32.9 Å². The van der Waals surface area contributed by atoms with Gasteiger partial charge >= 0.3 is 12.5 Å². The quantitative estimate of drug-likeness (QED) is 0.120. The van der Waals surface area contributed by atoms with Crippen molar-refractivity contribution < 1.29 is 55.1 Å². The SMILES string of the molecule is COc1cc(-n2ccc(-c3ccc(C(F)(F)F)cn3)cc2=O)ccc1OCC(C)(C)C.COc1cc(-n2ccc(-c3cccc(OC(F)(F)F)c3)cc2=O)ccc1OCC(C)(C)O. The Kier molecular flexibility index (Phi) is 14.3. The van der Waals surface area contributed by atoms with E-state index in [1.165, 1.54) is 65.9 Å². The Bertz CT molecular complexity index is 2630. The van der Waals surface area contributed by atoms with Crippen LogP contribution in [0.4, 0.5) is 26.3 Å². The molecular weight excluding hydrogens is 837 g/mol. The summed E-state index contributed by atoms with van der Waals surface area (Å²) in [6.45, 7) is 9.94. The van der Waals surface area contributed by atoms with Crippen molar-refractivity contribution in [3.8, 4) is 62.5 Å². The predicted octanol–water partition coefficient (Wildman–Crippen LogP) is 9.91. The van der Waals surface area contributed by atoms with Gasteiger partial charge in [0.25, 0.3) is 11.1 Å². The molecular formula is C46H45F6N3O8. The molecule has 6 rings (SSSR count). The first-order chi connectivity index (χ1) is 29.4. The minimum absolute atomic E-state index is 0.0250. The number of alkyl halides is 6. The third kappa shape index (κ3) is 13.4. The van der Waals surface area contributed by atoms with Gasteiger partial charge in [0.15, 0.2) is 23.0 Å². The number of ether oxygens (including phenoxy) is 5. The second kappa shape index (κ2) is 19.1.